The van der Waals surface area contributed by atoms with Gasteiger partial charge in [0.15, 0.2) is 11.6 Å². The van der Waals surface area contributed by atoms with Crippen molar-refractivity contribution in [1.82, 2.24) is 0 Å². The van der Waals surface area contributed by atoms with Gasteiger partial charge in [-0.3, -0.25) is 0 Å². The Hall–Kier alpha value is -1.38. The molecule has 0 N–H and O–H groups in total. The van der Waals surface area contributed by atoms with E-state index in [2.05, 4.69) is 4.99 Å². The Morgan fingerprint density at radius 3 is 2.67 bits per heavy atom. The van der Waals surface area contributed by atoms with Crippen molar-refractivity contribution in [2.45, 2.75) is 31.2 Å². The molecule has 0 aromatic heterocycles. The summed E-state index contributed by atoms with van der Waals surface area (Å²) in [7, 11) is 1.38. The van der Waals surface area contributed by atoms with Crippen LogP contribution < -0.4 is 4.74 Å². The lowest BCUT2D eigenvalue weighted by Gasteiger charge is -2.25. The monoisotopic (exact) mass is 269 g/mol. The Kier molecular flexibility index (Phi) is 3.69. The van der Waals surface area contributed by atoms with Crippen molar-refractivity contribution in [3.63, 3.8) is 0 Å². The lowest BCUT2D eigenvalue weighted by atomic mass is 9.88. The van der Waals surface area contributed by atoms with E-state index in [1.54, 1.807) is 12.1 Å². The summed E-state index contributed by atoms with van der Waals surface area (Å²) in [4.78, 5) is 14.5. The molecule has 0 atom stereocenters. The van der Waals surface area contributed by atoms with Gasteiger partial charge in [0.25, 0.3) is 0 Å². The second-order valence-electron chi connectivity index (χ2n) is 4.38. The smallest absolute Gasteiger partial charge is 0.235 e. The third-order valence-corrected chi connectivity index (χ3v) is 3.74. The second-order valence-corrected chi connectivity index (χ2v) is 4.79. The molecule has 1 fully saturated rings. The van der Waals surface area contributed by atoms with Crippen LogP contribution in [0.1, 0.15) is 31.2 Å². The van der Waals surface area contributed by atoms with Crippen molar-refractivity contribution in [2.24, 2.45) is 4.99 Å². The van der Waals surface area contributed by atoms with E-state index in [0.29, 0.717) is 18.4 Å². The summed E-state index contributed by atoms with van der Waals surface area (Å²) in [6.45, 7) is 0. The number of methoxy groups -OCH3 is 1. The van der Waals surface area contributed by atoms with Gasteiger partial charge in [0.05, 0.1) is 12.1 Å². The molecule has 3 nitrogen and oxygen atoms in total. The summed E-state index contributed by atoms with van der Waals surface area (Å²) in [5.41, 5.74) is -0.133. The van der Waals surface area contributed by atoms with Gasteiger partial charge in [0.2, 0.25) is 6.08 Å². The molecule has 1 aromatic rings. The highest BCUT2D eigenvalue weighted by atomic mass is 35.5. The molecular formula is C13H13ClFNO2. The van der Waals surface area contributed by atoms with Gasteiger partial charge in [0.1, 0.15) is 5.54 Å². The van der Waals surface area contributed by atoms with Crippen molar-refractivity contribution in [3.8, 4) is 5.75 Å². The van der Waals surface area contributed by atoms with E-state index in [1.807, 2.05) is 0 Å². The van der Waals surface area contributed by atoms with Crippen LogP contribution in [0.2, 0.25) is 5.02 Å². The zero-order chi connectivity index (χ0) is 13.2. The molecule has 0 aliphatic heterocycles. The lowest BCUT2D eigenvalue weighted by molar-refractivity contribution is 0.357. The molecule has 0 unspecified atom stereocenters. The molecule has 0 radical (unpaired) electrons. The first kappa shape index (κ1) is 13.1. The van der Waals surface area contributed by atoms with Crippen LogP contribution in [0.3, 0.4) is 0 Å². The van der Waals surface area contributed by atoms with E-state index in [9.17, 15) is 9.18 Å². The van der Waals surface area contributed by atoms with Crippen LogP contribution in [0, 0.1) is 5.82 Å². The van der Waals surface area contributed by atoms with E-state index in [1.165, 1.54) is 13.2 Å². The number of hydrogen-bond donors (Lipinski definition) is 0. The van der Waals surface area contributed by atoms with Crippen molar-refractivity contribution in [2.75, 3.05) is 7.11 Å². The lowest BCUT2D eigenvalue weighted by Crippen LogP contribution is -2.20. The molecule has 5 heteroatoms. The molecule has 0 spiro atoms. The van der Waals surface area contributed by atoms with Crippen LogP contribution in [0.15, 0.2) is 17.1 Å². The molecule has 96 valence electrons. The van der Waals surface area contributed by atoms with E-state index in [0.717, 1.165) is 12.8 Å². The van der Waals surface area contributed by atoms with Crippen molar-refractivity contribution in [3.05, 3.63) is 28.5 Å². The standard InChI is InChI=1S/C13H13ClFNO2/c1-18-12-9(4-5-10(14)11(12)15)13(16-8-17)6-2-3-7-13/h4-5H,2-3,6-7H2,1H3. The Balaban J connectivity index is 2.62. The predicted octanol–water partition coefficient (Wildman–Crippen LogP) is 3.59. The Morgan fingerprint density at radius 2 is 2.11 bits per heavy atom. The fourth-order valence-corrected chi connectivity index (χ4v) is 2.74. The molecule has 18 heavy (non-hydrogen) atoms. The molecule has 1 aliphatic rings. The largest absolute Gasteiger partial charge is 0.493 e. The van der Waals surface area contributed by atoms with Gasteiger partial charge in [-0.2, -0.15) is 4.99 Å². The van der Waals surface area contributed by atoms with E-state index < -0.39 is 11.4 Å². The maximum absolute atomic E-state index is 13.9. The van der Waals surface area contributed by atoms with Crippen LogP contribution >= 0.6 is 11.6 Å². The highest BCUT2D eigenvalue weighted by Gasteiger charge is 2.39. The number of carbonyl (C=O) groups excluding carboxylic acids is 1. The molecule has 1 saturated carbocycles. The minimum absolute atomic E-state index is 0.00108. The fourth-order valence-electron chi connectivity index (χ4n) is 2.59. The van der Waals surface area contributed by atoms with Crippen LogP contribution in [0.4, 0.5) is 4.39 Å². The molecule has 0 saturated heterocycles. The summed E-state index contributed by atoms with van der Waals surface area (Å²) in [5.74, 6) is -0.535. The summed E-state index contributed by atoms with van der Waals surface area (Å²) in [5, 5.41) is -0.00108. The third kappa shape index (κ3) is 2.02. The molecule has 0 amide bonds. The van der Waals surface area contributed by atoms with E-state index >= 15 is 0 Å². The number of ether oxygens (including phenoxy) is 1. The minimum atomic E-state index is -0.710. The number of aliphatic imine (C=N–C) groups is 1. The van der Waals surface area contributed by atoms with Gasteiger partial charge in [-0.05, 0) is 18.9 Å². The van der Waals surface area contributed by atoms with Crippen molar-refractivity contribution >= 4 is 17.7 Å². The zero-order valence-corrected chi connectivity index (χ0v) is 10.8. The maximum Gasteiger partial charge on any atom is 0.235 e. The summed E-state index contributed by atoms with van der Waals surface area (Å²) in [6, 6.07) is 3.14. The average Bonchev–Trinajstić information content (AvgIpc) is 2.82. The van der Waals surface area contributed by atoms with Gasteiger partial charge < -0.3 is 4.74 Å². The average molecular weight is 270 g/mol. The number of nitrogens with zero attached hydrogens (tertiary/aromatic N) is 1. The van der Waals surface area contributed by atoms with Gasteiger partial charge >= 0.3 is 0 Å². The van der Waals surface area contributed by atoms with Gasteiger partial charge in [-0.25, -0.2) is 9.18 Å². The Morgan fingerprint density at radius 1 is 1.44 bits per heavy atom. The maximum atomic E-state index is 13.9. The molecule has 1 aliphatic carbocycles. The molecule has 0 heterocycles. The Bertz CT molecular complexity index is 506. The third-order valence-electron chi connectivity index (χ3n) is 3.45. The van der Waals surface area contributed by atoms with E-state index in [-0.39, 0.29) is 10.8 Å². The number of isocyanates is 1. The SMILES string of the molecule is COc1c(C2(N=C=O)CCCC2)ccc(Cl)c1F. The van der Waals surface area contributed by atoms with Crippen molar-refractivity contribution < 1.29 is 13.9 Å². The molecular weight excluding hydrogens is 257 g/mol. The highest BCUT2D eigenvalue weighted by molar-refractivity contribution is 6.30. The first-order chi connectivity index (χ1) is 8.64. The highest BCUT2D eigenvalue weighted by Crippen LogP contribution is 2.47. The molecule has 1 aromatic carbocycles. The van der Waals surface area contributed by atoms with Gasteiger partial charge in [-0.1, -0.05) is 30.5 Å². The zero-order valence-electron chi connectivity index (χ0n) is 10.0. The van der Waals surface area contributed by atoms with Crippen LogP contribution in [0.25, 0.3) is 0 Å². The quantitative estimate of drug-likeness (QED) is 0.621. The summed E-state index contributed by atoms with van der Waals surface area (Å²) in [6.07, 6.45) is 4.87. The summed E-state index contributed by atoms with van der Waals surface area (Å²) >= 11 is 5.73. The first-order valence-corrected chi connectivity index (χ1v) is 6.14. The van der Waals surface area contributed by atoms with Crippen LogP contribution in [-0.2, 0) is 10.3 Å². The minimum Gasteiger partial charge on any atom is -0.493 e. The number of rotatable bonds is 3. The van der Waals surface area contributed by atoms with Crippen LogP contribution in [-0.4, -0.2) is 13.2 Å². The fraction of sp³-hybridized carbons (Fsp3) is 0.462. The topological polar surface area (TPSA) is 38.7 Å². The van der Waals surface area contributed by atoms with Crippen molar-refractivity contribution in [1.29, 1.82) is 0 Å². The first-order valence-electron chi connectivity index (χ1n) is 5.76. The number of halogens is 2. The predicted molar refractivity (Wildman–Crippen MR) is 66.2 cm³/mol. The normalized spacial score (nSPS) is 17.3. The van der Waals surface area contributed by atoms with E-state index in [4.69, 9.17) is 16.3 Å². The Labute approximate surface area is 110 Å². The molecule has 0 bridgehead atoms. The van der Waals surface area contributed by atoms with Gasteiger partial charge in [0, 0.05) is 5.56 Å². The van der Waals surface area contributed by atoms with Gasteiger partial charge in [-0.15, -0.1) is 0 Å². The summed E-state index contributed by atoms with van der Waals surface area (Å²) < 4.78 is 19.0. The number of hydrogen-bond acceptors (Lipinski definition) is 3. The second kappa shape index (κ2) is 5.09. The molecule has 2 rings (SSSR count). The van der Waals surface area contributed by atoms with Crippen LogP contribution in [0.5, 0.6) is 5.75 Å². The number of benzene rings is 1.